The normalized spacial score (nSPS) is 18.3. The molecule has 186 valence electrons. The van der Waals surface area contributed by atoms with E-state index >= 15 is 0 Å². The van der Waals surface area contributed by atoms with Gasteiger partial charge in [-0.3, -0.25) is 10.0 Å². The summed E-state index contributed by atoms with van der Waals surface area (Å²) in [5.41, 5.74) is 2.98. The predicted molar refractivity (Wildman–Crippen MR) is 131 cm³/mol. The minimum atomic E-state index is -4.09. The van der Waals surface area contributed by atoms with Crippen LogP contribution >= 0.6 is 0 Å². The van der Waals surface area contributed by atoms with Crippen molar-refractivity contribution in [3.8, 4) is 0 Å². The van der Waals surface area contributed by atoms with Gasteiger partial charge >= 0.3 is 6.09 Å². The molecular weight excluding hydrogens is 470 g/mol. The number of ether oxygens (including phenoxy) is 1. The van der Waals surface area contributed by atoms with Crippen LogP contribution in [0.5, 0.6) is 0 Å². The maximum atomic E-state index is 13.0. The third-order valence-corrected chi connectivity index (χ3v) is 7.17. The summed E-state index contributed by atoms with van der Waals surface area (Å²) >= 11 is 0. The van der Waals surface area contributed by atoms with Gasteiger partial charge in [0.15, 0.2) is 6.23 Å². The van der Waals surface area contributed by atoms with Gasteiger partial charge in [0.25, 0.3) is 5.91 Å². The lowest BCUT2D eigenvalue weighted by Gasteiger charge is -2.33. The fourth-order valence-electron chi connectivity index (χ4n) is 3.67. The number of aryl methyl sites for hydroxylation is 1. The molecule has 2 amide bonds. The number of amides is 2. The number of hydrogen-bond acceptors (Lipinski definition) is 6. The lowest BCUT2D eigenvalue weighted by molar-refractivity contribution is -0.139. The summed E-state index contributed by atoms with van der Waals surface area (Å²) in [6, 6.07) is 15.7. The van der Waals surface area contributed by atoms with Gasteiger partial charge in [0.1, 0.15) is 0 Å². The Hall–Kier alpha value is -3.47. The highest BCUT2D eigenvalue weighted by Gasteiger charge is 2.41. The molecule has 0 radical (unpaired) electrons. The van der Waals surface area contributed by atoms with Crippen molar-refractivity contribution in [3.63, 3.8) is 0 Å². The number of nitrogens with zero attached hydrogens (tertiary/aromatic N) is 1. The topological polar surface area (TPSA) is 125 Å². The molecule has 0 saturated carbocycles. The average Bonchev–Trinajstić information content (AvgIpc) is 2.84. The van der Waals surface area contributed by atoms with Gasteiger partial charge < -0.3 is 9.64 Å². The average molecular weight is 500 g/mol. The molecule has 0 spiro atoms. The molecule has 3 N–H and O–H groups in total. The number of rotatable bonds is 8. The Morgan fingerprint density at radius 3 is 2.31 bits per heavy atom. The fraction of sp³-hybridized carbons (Fsp3) is 0.280. The monoisotopic (exact) mass is 499 g/mol. The summed E-state index contributed by atoms with van der Waals surface area (Å²) in [5, 5.41) is 9.45. The van der Waals surface area contributed by atoms with E-state index in [2.05, 4.69) is 4.72 Å². The minimum absolute atomic E-state index is 0.0138. The highest BCUT2D eigenvalue weighted by Crippen LogP contribution is 2.38. The largest absolute Gasteiger partial charge is 0.429 e. The second kappa shape index (κ2) is 10.9. The van der Waals surface area contributed by atoms with Crippen LogP contribution in [0.2, 0.25) is 0 Å². The summed E-state index contributed by atoms with van der Waals surface area (Å²) in [4.78, 5) is 26.3. The van der Waals surface area contributed by atoms with E-state index in [4.69, 9.17) is 4.74 Å². The zero-order chi connectivity index (χ0) is 25.6. The molecule has 0 bridgehead atoms. The maximum Gasteiger partial charge on any atom is 0.410 e. The third-order valence-electron chi connectivity index (χ3n) is 5.70. The lowest BCUT2D eigenvalue weighted by atomic mass is 9.75. The van der Waals surface area contributed by atoms with Gasteiger partial charge in [0.05, 0.1) is 10.3 Å². The number of nitrogens with one attached hydrogen (secondary N) is 2. The Labute approximate surface area is 205 Å². The van der Waals surface area contributed by atoms with Crippen LogP contribution in [0.3, 0.4) is 0 Å². The van der Waals surface area contributed by atoms with Gasteiger partial charge in [-0.25, -0.2) is 18.7 Å². The first-order valence-electron chi connectivity index (χ1n) is 10.9. The maximum absolute atomic E-state index is 13.0. The molecule has 2 aromatic carbocycles. The summed E-state index contributed by atoms with van der Waals surface area (Å²) in [7, 11) is -1.18. The van der Waals surface area contributed by atoms with E-state index in [9.17, 15) is 23.2 Å². The van der Waals surface area contributed by atoms with Crippen molar-refractivity contribution in [3.05, 3.63) is 84.0 Å². The lowest BCUT2D eigenvalue weighted by Crippen LogP contribution is -2.48. The molecule has 1 aliphatic carbocycles. The molecule has 3 rings (SSSR count). The summed E-state index contributed by atoms with van der Waals surface area (Å²) in [6.07, 6.45) is 2.85. The predicted octanol–water partition coefficient (Wildman–Crippen LogP) is 3.22. The van der Waals surface area contributed by atoms with E-state index in [-0.39, 0.29) is 17.7 Å². The smallest absolute Gasteiger partial charge is 0.410 e. The Bertz CT molecular complexity index is 1220. The first kappa shape index (κ1) is 26.1. The van der Waals surface area contributed by atoms with Gasteiger partial charge in [-0.1, -0.05) is 66.3 Å². The first-order valence-corrected chi connectivity index (χ1v) is 12.4. The van der Waals surface area contributed by atoms with Gasteiger partial charge in [-0.05, 0) is 36.6 Å². The van der Waals surface area contributed by atoms with Crippen LogP contribution in [0.25, 0.3) is 5.57 Å². The van der Waals surface area contributed by atoms with Crippen LogP contribution in [0, 0.1) is 12.3 Å². The van der Waals surface area contributed by atoms with Crippen molar-refractivity contribution < 1.29 is 28.0 Å². The SMILES string of the molecule is Cc1ccc(S(=O)(=O)NC(CC2(C(=O)NO)C=CC(c3ccccc3)=CC2)OC(=O)N(C)C)cc1. The molecule has 1 aliphatic rings. The van der Waals surface area contributed by atoms with E-state index in [1.54, 1.807) is 29.8 Å². The molecule has 0 aliphatic heterocycles. The fourth-order valence-corrected chi connectivity index (χ4v) is 4.78. The summed E-state index contributed by atoms with van der Waals surface area (Å²) < 4.78 is 33.9. The molecule has 35 heavy (non-hydrogen) atoms. The Morgan fingerprint density at radius 1 is 1.11 bits per heavy atom. The molecule has 0 aromatic heterocycles. The molecule has 9 nitrogen and oxygen atoms in total. The molecule has 0 heterocycles. The van der Waals surface area contributed by atoms with Crippen LogP contribution < -0.4 is 10.2 Å². The Balaban J connectivity index is 1.91. The van der Waals surface area contributed by atoms with E-state index in [1.165, 1.54) is 26.2 Å². The number of carbonyl (C=O) groups is 2. The van der Waals surface area contributed by atoms with Crippen LogP contribution in [-0.2, 0) is 19.6 Å². The summed E-state index contributed by atoms with van der Waals surface area (Å²) in [6.45, 7) is 1.83. The highest BCUT2D eigenvalue weighted by atomic mass is 32.2. The number of hydrogen-bond donors (Lipinski definition) is 3. The van der Waals surface area contributed by atoms with Crippen LogP contribution in [0.1, 0.15) is 24.0 Å². The zero-order valence-electron chi connectivity index (χ0n) is 19.8. The van der Waals surface area contributed by atoms with Crippen molar-refractivity contribution in [2.45, 2.75) is 30.9 Å². The van der Waals surface area contributed by atoms with Crippen molar-refractivity contribution in [1.82, 2.24) is 15.1 Å². The van der Waals surface area contributed by atoms with E-state index < -0.39 is 33.7 Å². The molecular formula is C25H29N3O6S. The van der Waals surface area contributed by atoms with Crippen molar-refractivity contribution in [1.29, 1.82) is 0 Å². The highest BCUT2D eigenvalue weighted by molar-refractivity contribution is 7.89. The summed E-state index contributed by atoms with van der Waals surface area (Å²) in [5.74, 6) is -0.752. The van der Waals surface area contributed by atoms with Gasteiger partial charge in [0.2, 0.25) is 10.0 Å². The number of carbonyl (C=O) groups excluding carboxylic acids is 2. The van der Waals surface area contributed by atoms with Gasteiger partial charge in [0, 0.05) is 20.5 Å². The van der Waals surface area contributed by atoms with Crippen molar-refractivity contribution >= 4 is 27.6 Å². The minimum Gasteiger partial charge on any atom is -0.429 e. The number of benzene rings is 2. The first-order chi connectivity index (χ1) is 16.6. The third kappa shape index (κ3) is 6.36. The molecule has 2 atom stereocenters. The number of allylic oxidation sites excluding steroid dienone is 3. The molecule has 2 aromatic rings. The standard InChI is InChI=1S/C25H29N3O6S/c1-18-9-11-21(12-10-18)35(32,33)27-22(34-24(30)28(2)3)17-25(23(29)26-31)15-13-20(14-16-25)19-7-5-4-6-8-19/h4-15,22,27,31H,16-17H2,1-3H3,(H,26,29). The quantitative estimate of drug-likeness (QED) is 0.291. The molecule has 2 unspecified atom stereocenters. The van der Waals surface area contributed by atoms with Gasteiger partial charge in [-0.15, -0.1) is 0 Å². The molecule has 0 saturated heterocycles. The van der Waals surface area contributed by atoms with Gasteiger partial charge in [-0.2, -0.15) is 4.72 Å². The Morgan fingerprint density at radius 2 is 1.77 bits per heavy atom. The molecule has 0 fully saturated rings. The zero-order valence-corrected chi connectivity index (χ0v) is 20.6. The Kier molecular flexibility index (Phi) is 8.11. The van der Waals surface area contributed by atoms with E-state index in [0.717, 1.165) is 21.6 Å². The van der Waals surface area contributed by atoms with Crippen LogP contribution in [-0.4, -0.2) is 50.8 Å². The van der Waals surface area contributed by atoms with E-state index in [1.807, 2.05) is 43.3 Å². The van der Waals surface area contributed by atoms with Crippen LogP contribution in [0.15, 0.2) is 77.7 Å². The second-order valence-corrected chi connectivity index (χ2v) is 10.3. The van der Waals surface area contributed by atoms with Crippen molar-refractivity contribution in [2.75, 3.05) is 14.1 Å². The van der Waals surface area contributed by atoms with E-state index in [0.29, 0.717) is 0 Å². The second-order valence-electron chi connectivity index (χ2n) is 8.57. The molecule has 10 heteroatoms. The van der Waals surface area contributed by atoms with Crippen LogP contribution in [0.4, 0.5) is 4.79 Å². The van der Waals surface area contributed by atoms with Crippen molar-refractivity contribution in [2.24, 2.45) is 5.41 Å². The number of hydroxylamine groups is 1. The number of sulfonamides is 1.